The SMILES string of the molecule is CCN(C)S(=O)(=O)NC1CCC(N)CC1.Cl. The fourth-order valence-corrected chi connectivity index (χ4v) is 2.88. The lowest BCUT2D eigenvalue weighted by molar-refractivity contribution is 0.364. The van der Waals surface area contributed by atoms with Crippen LogP contribution in [0.4, 0.5) is 0 Å². The van der Waals surface area contributed by atoms with Gasteiger partial charge in [0.25, 0.3) is 10.2 Å². The zero-order valence-electron chi connectivity index (χ0n) is 9.85. The monoisotopic (exact) mass is 271 g/mol. The smallest absolute Gasteiger partial charge is 0.279 e. The maximum atomic E-state index is 11.7. The summed E-state index contributed by atoms with van der Waals surface area (Å²) in [6.07, 6.45) is 3.50. The summed E-state index contributed by atoms with van der Waals surface area (Å²) in [6.45, 7) is 2.30. The largest absolute Gasteiger partial charge is 0.328 e. The number of nitrogens with two attached hydrogens (primary N) is 1. The number of rotatable bonds is 4. The summed E-state index contributed by atoms with van der Waals surface area (Å²) in [6, 6.07) is 0.304. The zero-order valence-corrected chi connectivity index (χ0v) is 11.5. The van der Waals surface area contributed by atoms with Crippen molar-refractivity contribution in [3.05, 3.63) is 0 Å². The third-order valence-electron chi connectivity index (χ3n) is 2.94. The van der Waals surface area contributed by atoms with Gasteiger partial charge in [-0.15, -0.1) is 12.4 Å². The van der Waals surface area contributed by atoms with Crippen molar-refractivity contribution in [1.29, 1.82) is 0 Å². The normalized spacial score (nSPS) is 26.5. The van der Waals surface area contributed by atoms with Crippen molar-refractivity contribution in [3.63, 3.8) is 0 Å². The third kappa shape index (κ3) is 4.55. The van der Waals surface area contributed by atoms with E-state index in [1.807, 2.05) is 6.92 Å². The number of halogens is 1. The van der Waals surface area contributed by atoms with Gasteiger partial charge in [-0.3, -0.25) is 0 Å². The van der Waals surface area contributed by atoms with E-state index < -0.39 is 10.2 Å². The molecule has 0 spiro atoms. The Morgan fingerprint density at radius 3 is 2.25 bits per heavy atom. The quantitative estimate of drug-likeness (QED) is 0.780. The van der Waals surface area contributed by atoms with E-state index in [-0.39, 0.29) is 24.5 Å². The molecule has 1 saturated carbocycles. The van der Waals surface area contributed by atoms with E-state index in [1.54, 1.807) is 7.05 Å². The molecule has 0 amide bonds. The van der Waals surface area contributed by atoms with E-state index in [1.165, 1.54) is 4.31 Å². The van der Waals surface area contributed by atoms with Gasteiger partial charge in [0.15, 0.2) is 0 Å². The first-order valence-corrected chi connectivity index (χ1v) is 6.89. The molecule has 1 fully saturated rings. The Morgan fingerprint density at radius 2 is 1.81 bits per heavy atom. The van der Waals surface area contributed by atoms with Gasteiger partial charge in [0.1, 0.15) is 0 Å². The van der Waals surface area contributed by atoms with Crippen molar-refractivity contribution in [2.45, 2.75) is 44.7 Å². The average molecular weight is 272 g/mol. The number of nitrogens with zero attached hydrogens (tertiary/aromatic N) is 1. The van der Waals surface area contributed by atoms with Crippen LogP contribution in [0.2, 0.25) is 0 Å². The van der Waals surface area contributed by atoms with Gasteiger partial charge in [0, 0.05) is 25.7 Å². The van der Waals surface area contributed by atoms with Gasteiger partial charge >= 0.3 is 0 Å². The standard InChI is InChI=1S/C9H21N3O2S.ClH/c1-3-12(2)15(13,14)11-9-6-4-8(10)5-7-9;/h8-9,11H,3-7,10H2,1-2H3;1H. The minimum atomic E-state index is -3.28. The molecule has 0 atom stereocenters. The van der Waals surface area contributed by atoms with Gasteiger partial charge in [-0.2, -0.15) is 17.4 Å². The lowest BCUT2D eigenvalue weighted by Crippen LogP contribution is -2.46. The lowest BCUT2D eigenvalue weighted by atomic mass is 9.93. The molecule has 1 aliphatic rings. The molecule has 5 nitrogen and oxygen atoms in total. The first kappa shape index (κ1) is 16.1. The Kier molecular flexibility index (Phi) is 6.81. The molecule has 0 aliphatic heterocycles. The van der Waals surface area contributed by atoms with Crippen LogP contribution in [-0.4, -0.2) is 38.4 Å². The molecule has 98 valence electrons. The van der Waals surface area contributed by atoms with Gasteiger partial charge in [-0.25, -0.2) is 0 Å². The van der Waals surface area contributed by atoms with Crippen LogP contribution >= 0.6 is 12.4 Å². The summed E-state index contributed by atoms with van der Waals surface area (Å²) >= 11 is 0. The Labute approximate surface area is 104 Å². The third-order valence-corrected chi connectivity index (χ3v) is 4.65. The molecule has 0 aromatic carbocycles. The van der Waals surface area contributed by atoms with E-state index in [2.05, 4.69) is 4.72 Å². The molecule has 1 aliphatic carbocycles. The Balaban J connectivity index is 0.00000225. The van der Waals surface area contributed by atoms with Crippen molar-refractivity contribution in [3.8, 4) is 0 Å². The van der Waals surface area contributed by atoms with Crippen LogP contribution in [0.15, 0.2) is 0 Å². The summed E-state index contributed by atoms with van der Waals surface area (Å²) in [4.78, 5) is 0. The first-order valence-electron chi connectivity index (χ1n) is 5.45. The highest BCUT2D eigenvalue weighted by Crippen LogP contribution is 2.17. The molecule has 0 heterocycles. The molecule has 0 saturated heterocycles. The van der Waals surface area contributed by atoms with E-state index >= 15 is 0 Å². The molecular formula is C9H22ClN3O2S. The van der Waals surface area contributed by atoms with Crippen molar-refractivity contribution in [1.82, 2.24) is 9.03 Å². The van der Waals surface area contributed by atoms with Crippen molar-refractivity contribution < 1.29 is 8.42 Å². The zero-order chi connectivity index (χ0) is 11.5. The second-order valence-electron chi connectivity index (χ2n) is 4.15. The van der Waals surface area contributed by atoms with Crippen LogP contribution < -0.4 is 10.5 Å². The lowest BCUT2D eigenvalue weighted by Gasteiger charge is -2.28. The topological polar surface area (TPSA) is 75.4 Å². The predicted molar refractivity (Wildman–Crippen MR) is 67.8 cm³/mol. The molecule has 0 radical (unpaired) electrons. The van der Waals surface area contributed by atoms with Crippen LogP contribution in [0.25, 0.3) is 0 Å². The fraction of sp³-hybridized carbons (Fsp3) is 1.00. The van der Waals surface area contributed by atoms with Gasteiger partial charge in [-0.05, 0) is 25.7 Å². The van der Waals surface area contributed by atoms with Crippen LogP contribution in [0.1, 0.15) is 32.6 Å². The fourth-order valence-electron chi connectivity index (χ4n) is 1.71. The second kappa shape index (κ2) is 6.76. The molecule has 0 aromatic rings. The van der Waals surface area contributed by atoms with Gasteiger partial charge in [0.05, 0.1) is 0 Å². The van der Waals surface area contributed by atoms with Crippen molar-refractivity contribution in [2.24, 2.45) is 5.73 Å². The number of hydrogen-bond donors (Lipinski definition) is 2. The van der Waals surface area contributed by atoms with E-state index in [9.17, 15) is 8.42 Å². The molecule has 1 rings (SSSR count). The highest BCUT2D eigenvalue weighted by atomic mass is 35.5. The van der Waals surface area contributed by atoms with Gasteiger partial charge in [0.2, 0.25) is 0 Å². The van der Waals surface area contributed by atoms with Crippen LogP contribution in [0.5, 0.6) is 0 Å². The van der Waals surface area contributed by atoms with Crippen LogP contribution in [0.3, 0.4) is 0 Å². The molecule has 3 N–H and O–H groups in total. The first-order chi connectivity index (χ1) is 6.95. The molecule has 16 heavy (non-hydrogen) atoms. The summed E-state index contributed by atoms with van der Waals surface area (Å²) in [5.41, 5.74) is 5.76. The minimum absolute atomic E-state index is 0. The Morgan fingerprint density at radius 1 is 1.31 bits per heavy atom. The van der Waals surface area contributed by atoms with Crippen LogP contribution in [-0.2, 0) is 10.2 Å². The summed E-state index contributed by atoms with van der Waals surface area (Å²) < 4.78 is 27.4. The summed E-state index contributed by atoms with van der Waals surface area (Å²) in [5.74, 6) is 0. The summed E-state index contributed by atoms with van der Waals surface area (Å²) in [7, 11) is -1.70. The highest BCUT2D eigenvalue weighted by molar-refractivity contribution is 7.87. The second-order valence-corrected chi connectivity index (χ2v) is 5.96. The molecule has 0 unspecified atom stereocenters. The molecular weight excluding hydrogens is 250 g/mol. The number of nitrogens with one attached hydrogen (secondary N) is 1. The molecule has 7 heteroatoms. The molecule has 0 bridgehead atoms. The van der Waals surface area contributed by atoms with Gasteiger partial charge < -0.3 is 5.73 Å². The van der Waals surface area contributed by atoms with Crippen molar-refractivity contribution in [2.75, 3.05) is 13.6 Å². The Hall–Kier alpha value is 0.120. The van der Waals surface area contributed by atoms with Crippen LogP contribution in [0, 0.1) is 0 Å². The maximum Gasteiger partial charge on any atom is 0.279 e. The maximum absolute atomic E-state index is 11.7. The highest BCUT2D eigenvalue weighted by Gasteiger charge is 2.24. The minimum Gasteiger partial charge on any atom is -0.328 e. The average Bonchev–Trinajstić information content (AvgIpc) is 2.20. The summed E-state index contributed by atoms with van der Waals surface area (Å²) in [5, 5.41) is 0. The van der Waals surface area contributed by atoms with Crippen molar-refractivity contribution >= 4 is 22.6 Å². The van der Waals surface area contributed by atoms with E-state index in [4.69, 9.17) is 5.73 Å². The van der Waals surface area contributed by atoms with E-state index in [0.29, 0.717) is 6.54 Å². The van der Waals surface area contributed by atoms with Gasteiger partial charge in [-0.1, -0.05) is 6.92 Å². The predicted octanol–water partition coefficient (Wildman–Crippen LogP) is 0.464. The Bertz CT molecular complexity index is 289. The van der Waals surface area contributed by atoms with E-state index in [0.717, 1.165) is 25.7 Å². The molecule has 0 aromatic heterocycles. The number of hydrogen-bond acceptors (Lipinski definition) is 3.